The maximum atomic E-state index is 11.3. The van der Waals surface area contributed by atoms with Crippen molar-refractivity contribution in [2.24, 2.45) is 11.7 Å². The Balaban J connectivity index is 1.75. The predicted octanol–water partition coefficient (Wildman–Crippen LogP) is 1.15. The van der Waals surface area contributed by atoms with Crippen LogP contribution in [0.3, 0.4) is 0 Å². The SMILES string of the molecule is NC(=O)c1ccnc(N(CC2CCCNC2)C2CC2)c1. The van der Waals surface area contributed by atoms with Gasteiger partial charge in [0.2, 0.25) is 5.91 Å². The molecule has 3 N–H and O–H groups in total. The van der Waals surface area contributed by atoms with Crippen LogP contribution in [0.4, 0.5) is 5.82 Å². The number of rotatable bonds is 5. The van der Waals surface area contributed by atoms with Gasteiger partial charge < -0.3 is 16.0 Å². The molecule has 1 aliphatic heterocycles. The number of nitrogens with zero attached hydrogens (tertiary/aromatic N) is 2. The molecule has 1 aliphatic carbocycles. The normalized spacial score (nSPS) is 22.5. The summed E-state index contributed by atoms with van der Waals surface area (Å²) in [7, 11) is 0. The molecule has 1 amide bonds. The van der Waals surface area contributed by atoms with Crippen molar-refractivity contribution in [3.63, 3.8) is 0 Å². The smallest absolute Gasteiger partial charge is 0.248 e. The third-order valence-corrected chi connectivity index (χ3v) is 4.17. The summed E-state index contributed by atoms with van der Waals surface area (Å²) in [5.41, 5.74) is 5.91. The lowest BCUT2D eigenvalue weighted by molar-refractivity contribution is 0.1000. The van der Waals surface area contributed by atoms with Gasteiger partial charge in [0.15, 0.2) is 0 Å². The summed E-state index contributed by atoms with van der Waals surface area (Å²) in [5.74, 6) is 1.18. The van der Waals surface area contributed by atoms with Crippen LogP contribution in [-0.4, -0.2) is 36.6 Å². The summed E-state index contributed by atoms with van der Waals surface area (Å²) in [4.78, 5) is 18.1. The molecule has 1 saturated heterocycles. The zero-order valence-electron chi connectivity index (χ0n) is 11.7. The molecule has 5 heteroatoms. The standard InChI is InChI=1S/C15H22N4O/c16-15(20)12-5-7-18-14(8-12)19(13-3-4-13)10-11-2-1-6-17-9-11/h5,7-8,11,13,17H,1-4,6,9-10H2,(H2,16,20). The third-order valence-electron chi connectivity index (χ3n) is 4.17. The zero-order valence-corrected chi connectivity index (χ0v) is 11.7. The monoisotopic (exact) mass is 274 g/mol. The first kappa shape index (κ1) is 13.4. The molecule has 3 rings (SSSR count). The molecule has 108 valence electrons. The molecule has 20 heavy (non-hydrogen) atoms. The number of hydrogen-bond acceptors (Lipinski definition) is 4. The molecule has 2 fully saturated rings. The van der Waals surface area contributed by atoms with Crippen LogP contribution in [0, 0.1) is 5.92 Å². The van der Waals surface area contributed by atoms with Gasteiger partial charge in [0.25, 0.3) is 0 Å². The lowest BCUT2D eigenvalue weighted by Crippen LogP contribution is -2.39. The van der Waals surface area contributed by atoms with Crippen LogP contribution in [0.5, 0.6) is 0 Å². The molecule has 1 saturated carbocycles. The zero-order chi connectivity index (χ0) is 13.9. The van der Waals surface area contributed by atoms with E-state index in [-0.39, 0.29) is 5.91 Å². The summed E-state index contributed by atoms with van der Waals surface area (Å²) < 4.78 is 0. The fraction of sp³-hybridized carbons (Fsp3) is 0.600. The summed E-state index contributed by atoms with van der Waals surface area (Å²) in [6.45, 7) is 3.24. The van der Waals surface area contributed by atoms with Crippen LogP contribution in [0.1, 0.15) is 36.0 Å². The highest BCUT2D eigenvalue weighted by Gasteiger charge is 2.32. The number of anilines is 1. The maximum absolute atomic E-state index is 11.3. The molecule has 1 aromatic rings. The minimum Gasteiger partial charge on any atom is -0.366 e. The Bertz CT molecular complexity index is 481. The number of primary amides is 1. The van der Waals surface area contributed by atoms with E-state index in [0.29, 0.717) is 17.5 Å². The first-order valence-electron chi connectivity index (χ1n) is 7.47. The number of amides is 1. The minimum atomic E-state index is -0.385. The van der Waals surface area contributed by atoms with E-state index in [1.54, 1.807) is 12.3 Å². The van der Waals surface area contributed by atoms with Crippen molar-refractivity contribution in [1.82, 2.24) is 10.3 Å². The van der Waals surface area contributed by atoms with Crippen LogP contribution >= 0.6 is 0 Å². The molecular formula is C15H22N4O. The second-order valence-corrected chi connectivity index (χ2v) is 5.86. The van der Waals surface area contributed by atoms with Crippen LogP contribution < -0.4 is 16.0 Å². The van der Waals surface area contributed by atoms with Crippen molar-refractivity contribution in [3.8, 4) is 0 Å². The Morgan fingerprint density at radius 3 is 2.95 bits per heavy atom. The topological polar surface area (TPSA) is 71.2 Å². The first-order chi connectivity index (χ1) is 9.74. The molecule has 0 bridgehead atoms. The van der Waals surface area contributed by atoms with Crippen LogP contribution in [0.15, 0.2) is 18.3 Å². The number of carbonyl (C=O) groups excluding carboxylic acids is 1. The molecule has 0 spiro atoms. The van der Waals surface area contributed by atoms with Gasteiger partial charge in [-0.15, -0.1) is 0 Å². The Morgan fingerprint density at radius 1 is 1.45 bits per heavy atom. The largest absolute Gasteiger partial charge is 0.366 e. The number of piperidine rings is 1. The highest BCUT2D eigenvalue weighted by Crippen LogP contribution is 2.32. The van der Waals surface area contributed by atoms with Gasteiger partial charge in [0.05, 0.1) is 0 Å². The fourth-order valence-electron chi connectivity index (χ4n) is 2.90. The Morgan fingerprint density at radius 2 is 2.30 bits per heavy atom. The third kappa shape index (κ3) is 3.10. The average molecular weight is 274 g/mol. The van der Waals surface area contributed by atoms with E-state index in [9.17, 15) is 4.79 Å². The van der Waals surface area contributed by atoms with Crippen LogP contribution in [0.25, 0.3) is 0 Å². The Labute approximate surface area is 119 Å². The fourth-order valence-corrected chi connectivity index (χ4v) is 2.90. The second kappa shape index (κ2) is 5.79. The van der Waals surface area contributed by atoms with E-state index in [1.165, 1.54) is 25.7 Å². The van der Waals surface area contributed by atoms with E-state index in [0.717, 1.165) is 25.5 Å². The molecule has 0 aromatic carbocycles. The molecular weight excluding hydrogens is 252 g/mol. The Hall–Kier alpha value is -1.62. The quantitative estimate of drug-likeness (QED) is 0.845. The van der Waals surface area contributed by atoms with E-state index < -0.39 is 0 Å². The van der Waals surface area contributed by atoms with Crippen molar-refractivity contribution < 1.29 is 4.79 Å². The molecule has 0 radical (unpaired) electrons. The van der Waals surface area contributed by atoms with Crippen molar-refractivity contribution in [2.45, 2.75) is 31.7 Å². The highest BCUT2D eigenvalue weighted by molar-refractivity contribution is 5.93. The van der Waals surface area contributed by atoms with Gasteiger partial charge in [-0.1, -0.05) is 0 Å². The average Bonchev–Trinajstić information content (AvgIpc) is 3.30. The van der Waals surface area contributed by atoms with E-state index in [2.05, 4.69) is 15.2 Å². The highest BCUT2D eigenvalue weighted by atomic mass is 16.1. The van der Waals surface area contributed by atoms with E-state index >= 15 is 0 Å². The molecule has 1 unspecified atom stereocenters. The summed E-state index contributed by atoms with van der Waals surface area (Å²) in [6, 6.07) is 4.10. The van der Waals surface area contributed by atoms with E-state index in [4.69, 9.17) is 5.73 Å². The number of hydrogen-bond donors (Lipinski definition) is 2. The Kier molecular flexibility index (Phi) is 3.87. The van der Waals surface area contributed by atoms with Crippen molar-refractivity contribution in [1.29, 1.82) is 0 Å². The predicted molar refractivity (Wildman–Crippen MR) is 78.7 cm³/mol. The number of nitrogens with one attached hydrogen (secondary N) is 1. The molecule has 1 atom stereocenters. The summed E-state index contributed by atoms with van der Waals surface area (Å²) in [5, 5.41) is 3.46. The van der Waals surface area contributed by atoms with Gasteiger partial charge >= 0.3 is 0 Å². The number of aromatic nitrogens is 1. The lowest BCUT2D eigenvalue weighted by atomic mass is 9.99. The summed E-state index contributed by atoms with van der Waals surface area (Å²) in [6.07, 6.45) is 6.65. The lowest BCUT2D eigenvalue weighted by Gasteiger charge is -2.31. The summed E-state index contributed by atoms with van der Waals surface area (Å²) >= 11 is 0. The molecule has 1 aromatic heterocycles. The van der Waals surface area contributed by atoms with Gasteiger partial charge in [-0.05, 0) is 56.8 Å². The molecule has 2 aliphatic rings. The second-order valence-electron chi connectivity index (χ2n) is 5.86. The van der Waals surface area contributed by atoms with Gasteiger partial charge in [0.1, 0.15) is 5.82 Å². The van der Waals surface area contributed by atoms with Gasteiger partial charge in [-0.25, -0.2) is 4.98 Å². The van der Waals surface area contributed by atoms with Crippen LogP contribution in [-0.2, 0) is 0 Å². The molecule has 2 heterocycles. The van der Waals surface area contributed by atoms with Crippen molar-refractivity contribution in [3.05, 3.63) is 23.9 Å². The van der Waals surface area contributed by atoms with Crippen molar-refractivity contribution in [2.75, 3.05) is 24.5 Å². The number of pyridine rings is 1. The number of carbonyl (C=O) groups is 1. The first-order valence-corrected chi connectivity index (χ1v) is 7.47. The van der Waals surface area contributed by atoms with Gasteiger partial charge in [0, 0.05) is 24.3 Å². The maximum Gasteiger partial charge on any atom is 0.248 e. The van der Waals surface area contributed by atoms with Gasteiger partial charge in [-0.2, -0.15) is 0 Å². The number of nitrogens with two attached hydrogens (primary N) is 1. The minimum absolute atomic E-state index is 0.385. The van der Waals surface area contributed by atoms with Crippen molar-refractivity contribution >= 4 is 11.7 Å². The molecule has 5 nitrogen and oxygen atoms in total. The van der Waals surface area contributed by atoms with Crippen LogP contribution in [0.2, 0.25) is 0 Å². The van der Waals surface area contributed by atoms with Gasteiger partial charge in [-0.3, -0.25) is 4.79 Å². The van der Waals surface area contributed by atoms with E-state index in [1.807, 2.05) is 6.07 Å².